The van der Waals surface area contributed by atoms with Crippen molar-refractivity contribution in [1.29, 1.82) is 0 Å². The van der Waals surface area contributed by atoms with Crippen LogP contribution in [0.1, 0.15) is 194 Å². The molecule has 0 aliphatic carbocycles. The van der Waals surface area contributed by atoms with Gasteiger partial charge in [0.15, 0.2) is 15.1 Å². The van der Waals surface area contributed by atoms with Gasteiger partial charge in [-0.3, -0.25) is 9.59 Å². The molecule has 0 aliphatic rings. The lowest BCUT2D eigenvalue weighted by Crippen LogP contribution is -2.29. The number of hydrogen-bond acceptors (Lipinski definition) is 7. The molecule has 0 bridgehead atoms. The number of carbonyl (C=O) groups excluding carboxylic acids is 2. The summed E-state index contributed by atoms with van der Waals surface area (Å²) >= 11 is 0. The quantitative estimate of drug-likeness (QED) is 0.0220. The molecule has 262 valence electrons. The number of unbranched alkanes of at least 4 members (excludes halogenated alkanes) is 24. The van der Waals surface area contributed by atoms with Crippen LogP contribution in [0.4, 0.5) is 0 Å². The summed E-state index contributed by atoms with van der Waals surface area (Å²) in [4.78, 5) is 29.2. The monoisotopic (exact) mass is 646 g/mol. The molecule has 0 amide bonds. The third kappa shape index (κ3) is 34.1. The van der Waals surface area contributed by atoms with Gasteiger partial charge in [0.05, 0.1) is 13.7 Å². The van der Waals surface area contributed by atoms with Gasteiger partial charge in [-0.25, -0.2) is 4.89 Å². The minimum absolute atomic E-state index is 0.000909. The fourth-order valence-corrected chi connectivity index (χ4v) is 5.75. The Kier molecular flexibility index (Phi) is 36.1. The largest absolute Gasteiger partial charge is 0.462 e. The van der Waals surface area contributed by atoms with Crippen LogP contribution >= 0.6 is 9.03 Å². The first-order chi connectivity index (χ1) is 21.6. The topological polar surface area (TPSA) is 80.3 Å². The van der Waals surface area contributed by atoms with Crippen molar-refractivity contribution in [2.75, 3.05) is 20.3 Å². The van der Waals surface area contributed by atoms with Gasteiger partial charge in [-0.2, -0.15) is 4.67 Å². The summed E-state index contributed by atoms with van der Waals surface area (Å²) in [6.45, 7) is 4.62. The van der Waals surface area contributed by atoms with Crippen LogP contribution in [0.3, 0.4) is 0 Å². The van der Waals surface area contributed by atoms with E-state index in [2.05, 4.69) is 18.7 Å². The lowest BCUT2D eigenvalue weighted by Gasteiger charge is -2.18. The summed E-state index contributed by atoms with van der Waals surface area (Å²) in [6, 6.07) is 0. The van der Waals surface area contributed by atoms with Crippen molar-refractivity contribution in [3.05, 3.63) is 0 Å². The number of esters is 2. The Balaban J connectivity index is 3.89. The van der Waals surface area contributed by atoms with Crippen molar-refractivity contribution in [3.8, 4) is 0 Å². The van der Waals surface area contributed by atoms with Gasteiger partial charge in [0.1, 0.15) is 6.61 Å². The van der Waals surface area contributed by atoms with E-state index in [1.807, 2.05) is 0 Å². The maximum atomic E-state index is 12.4. The zero-order valence-corrected chi connectivity index (χ0v) is 30.1. The molecule has 0 saturated carbocycles. The SMILES string of the molecule is CCCCCCCCCCCCCCCC(=O)OCC(COPOOC)OC(=O)CCCCCCCCCCCCCCC. The van der Waals surface area contributed by atoms with Crippen LogP contribution in [0.25, 0.3) is 0 Å². The van der Waals surface area contributed by atoms with Crippen LogP contribution in [-0.4, -0.2) is 38.4 Å². The molecule has 8 heteroatoms. The van der Waals surface area contributed by atoms with E-state index in [1.54, 1.807) is 0 Å². The standard InChI is InChI=1S/C36H71O7P/c1-4-6-8-10-12-14-16-18-20-22-24-26-28-30-35(37)40-32-34(33-41-44-43-39-3)42-36(38)31-29-27-25-23-21-19-17-15-13-11-9-7-5-2/h34,44H,4-33H2,1-3H3. The molecule has 7 nitrogen and oxygen atoms in total. The van der Waals surface area contributed by atoms with E-state index in [4.69, 9.17) is 18.7 Å². The second-order valence-corrected chi connectivity index (χ2v) is 13.0. The summed E-state index contributed by atoms with van der Waals surface area (Å²) < 4.78 is 21.1. The van der Waals surface area contributed by atoms with Gasteiger partial charge in [-0.15, -0.1) is 0 Å². The molecule has 0 N–H and O–H groups in total. The van der Waals surface area contributed by atoms with Gasteiger partial charge in [0.25, 0.3) is 0 Å². The summed E-state index contributed by atoms with van der Waals surface area (Å²) in [7, 11) is 1.07. The summed E-state index contributed by atoms with van der Waals surface area (Å²) in [5.74, 6) is -0.522. The van der Waals surface area contributed by atoms with Crippen molar-refractivity contribution in [3.63, 3.8) is 0 Å². The highest BCUT2D eigenvalue weighted by Gasteiger charge is 2.18. The first-order valence-corrected chi connectivity index (χ1v) is 19.4. The lowest BCUT2D eigenvalue weighted by molar-refractivity contribution is -0.176. The number of rotatable bonds is 36. The van der Waals surface area contributed by atoms with E-state index in [0.29, 0.717) is 12.8 Å². The fraction of sp³-hybridized carbons (Fsp3) is 0.944. The molecule has 44 heavy (non-hydrogen) atoms. The van der Waals surface area contributed by atoms with Gasteiger partial charge in [-0.05, 0) is 12.8 Å². The predicted molar refractivity (Wildman–Crippen MR) is 184 cm³/mol. The third-order valence-electron chi connectivity index (χ3n) is 8.14. The van der Waals surface area contributed by atoms with Crippen LogP contribution < -0.4 is 0 Å². The second-order valence-electron chi connectivity index (χ2n) is 12.4. The van der Waals surface area contributed by atoms with Gasteiger partial charge in [-0.1, -0.05) is 168 Å². The van der Waals surface area contributed by atoms with Crippen LogP contribution in [0, 0.1) is 0 Å². The highest BCUT2D eigenvalue weighted by atomic mass is 31.1. The minimum atomic E-state index is -0.645. The maximum absolute atomic E-state index is 12.4. The maximum Gasteiger partial charge on any atom is 0.306 e. The summed E-state index contributed by atoms with van der Waals surface area (Å²) in [5, 5.41) is 0. The van der Waals surface area contributed by atoms with Crippen molar-refractivity contribution in [2.45, 2.75) is 200 Å². The van der Waals surface area contributed by atoms with E-state index in [-0.39, 0.29) is 34.2 Å². The molecule has 2 unspecified atom stereocenters. The van der Waals surface area contributed by atoms with Crippen LogP contribution in [-0.2, 0) is 33.1 Å². The Bertz CT molecular complexity index is 605. The number of hydrogen-bond donors (Lipinski definition) is 0. The van der Waals surface area contributed by atoms with Gasteiger partial charge in [0.2, 0.25) is 0 Å². The Morgan fingerprint density at radius 3 is 1.25 bits per heavy atom. The van der Waals surface area contributed by atoms with E-state index in [1.165, 1.54) is 136 Å². The first kappa shape index (κ1) is 43.2. The van der Waals surface area contributed by atoms with E-state index >= 15 is 0 Å². The highest BCUT2D eigenvalue weighted by Crippen LogP contribution is 2.17. The second kappa shape index (κ2) is 36.7. The minimum Gasteiger partial charge on any atom is -0.462 e. The molecule has 0 fully saturated rings. The van der Waals surface area contributed by atoms with Gasteiger partial charge >= 0.3 is 11.9 Å². The van der Waals surface area contributed by atoms with Gasteiger partial charge < -0.3 is 14.0 Å². The molecule has 0 aromatic heterocycles. The van der Waals surface area contributed by atoms with E-state index < -0.39 is 6.10 Å². The Labute approximate surface area is 273 Å². The zero-order valence-electron chi connectivity index (χ0n) is 29.1. The predicted octanol–water partition coefficient (Wildman–Crippen LogP) is 11.5. The Hall–Kier alpha value is -0.750. The van der Waals surface area contributed by atoms with Crippen molar-refractivity contribution in [2.24, 2.45) is 0 Å². The number of ether oxygens (including phenoxy) is 2. The summed E-state index contributed by atoms with van der Waals surface area (Å²) in [5.41, 5.74) is 0. The fourth-order valence-electron chi connectivity index (χ4n) is 5.38. The van der Waals surface area contributed by atoms with Gasteiger partial charge in [0, 0.05) is 12.8 Å². The van der Waals surface area contributed by atoms with E-state index in [0.717, 1.165) is 38.5 Å². The highest BCUT2D eigenvalue weighted by molar-refractivity contribution is 7.26. The van der Waals surface area contributed by atoms with E-state index in [9.17, 15) is 9.59 Å². The van der Waals surface area contributed by atoms with Crippen LogP contribution in [0.2, 0.25) is 0 Å². The zero-order chi connectivity index (χ0) is 32.2. The normalized spacial score (nSPS) is 12.2. The molecule has 2 atom stereocenters. The average Bonchev–Trinajstić information content (AvgIpc) is 3.02. The molecule has 0 aromatic carbocycles. The van der Waals surface area contributed by atoms with Crippen molar-refractivity contribution in [1.82, 2.24) is 0 Å². The van der Waals surface area contributed by atoms with Crippen LogP contribution in [0.15, 0.2) is 0 Å². The molecule has 0 radical (unpaired) electrons. The molecule has 0 aromatic rings. The molecule has 0 rings (SSSR count). The molecule has 0 spiro atoms. The molecule has 0 saturated heterocycles. The Morgan fingerprint density at radius 2 is 0.864 bits per heavy atom. The molecule has 0 heterocycles. The molecular weight excluding hydrogens is 575 g/mol. The Morgan fingerprint density at radius 1 is 0.500 bits per heavy atom. The molecular formula is C36H71O7P. The number of carbonyl (C=O) groups is 2. The van der Waals surface area contributed by atoms with Crippen molar-refractivity contribution >= 4 is 21.0 Å². The van der Waals surface area contributed by atoms with Crippen molar-refractivity contribution < 1.29 is 33.1 Å². The van der Waals surface area contributed by atoms with Crippen LogP contribution in [0.5, 0.6) is 0 Å². The lowest BCUT2D eigenvalue weighted by atomic mass is 10.0. The summed E-state index contributed by atoms with van der Waals surface area (Å²) in [6.07, 6.45) is 33.0. The first-order valence-electron chi connectivity index (χ1n) is 18.6. The third-order valence-corrected chi connectivity index (χ3v) is 8.66. The molecule has 0 aliphatic heterocycles. The average molecular weight is 647 g/mol. The smallest absolute Gasteiger partial charge is 0.306 e.